The highest BCUT2D eigenvalue weighted by atomic mass is 32.1. The summed E-state index contributed by atoms with van der Waals surface area (Å²) in [5, 5.41) is 11.0. The van der Waals surface area contributed by atoms with Crippen molar-refractivity contribution in [2.24, 2.45) is 10.9 Å². The molecule has 1 fully saturated rings. The van der Waals surface area contributed by atoms with E-state index in [1.54, 1.807) is 11.3 Å². The molecule has 0 amide bonds. The van der Waals surface area contributed by atoms with Crippen LogP contribution >= 0.6 is 11.3 Å². The first-order chi connectivity index (χ1) is 10.8. The molecule has 0 saturated carbocycles. The lowest BCUT2D eigenvalue weighted by Crippen LogP contribution is -2.39. The van der Waals surface area contributed by atoms with Crippen LogP contribution in [0.25, 0.3) is 0 Å². The van der Waals surface area contributed by atoms with Crippen molar-refractivity contribution in [2.45, 2.75) is 39.7 Å². The van der Waals surface area contributed by atoms with E-state index in [2.05, 4.69) is 51.2 Å². The minimum atomic E-state index is 0.753. The average Bonchev–Trinajstić information content (AvgIpc) is 3.04. The van der Waals surface area contributed by atoms with Gasteiger partial charge >= 0.3 is 0 Å². The van der Waals surface area contributed by atoms with Crippen LogP contribution in [0.1, 0.15) is 38.7 Å². The van der Waals surface area contributed by atoms with Crippen LogP contribution in [0.3, 0.4) is 0 Å². The van der Waals surface area contributed by atoms with Gasteiger partial charge in [-0.1, -0.05) is 6.92 Å². The topological polar surface area (TPSA) is 39.7 Å². The van der Waals surface area contributed by atoms with Crippen molar-refractivity contribution in [3.63, 3.8) is 0 Å². The van der Waals surface area contributed by atoms with Crippen molar-refractivity contribution in [3.8, 4) is 0 Å². The molecule has 0 radical (unpaired) electrons. The van der Waals surface area contributed by atoms with Gasteiger partial charge in [0.15, 0.2) is 5.96 Å². The zero-order chi connectivity index (χ0) is 15.6. The van der Waals surface area contributed by atoms with E-state index in [1.165, 1.54) is 44.5 Å². The van der Waals surface area contributed by atoms with E-state index in [1.807, 2.05) is 0 Å². The molecule has 0 aliphatic carbocycles. The number of aliphatic imine (C=N–C) groups is 1. The summed E-state index contributed by atoms with van der Waals surface area (Å²) in [6, 6.07) is 2.13. The molecule has 4 nitrogen and oxygen atoms in total. The van der Waals surface area contributed by atoms with Crippen LogP contribution in [0.5, 0.6) is 0 Å². The summed E-state index contributed by atoms with van der Waals surface area (Å²) in [6.07, 6.45) is 3.90. The number of nitrogens with zero attached hydrogens (tertiary/aromatic N) is 2. The normalized spacial score (nSPS) is 17.6. The second-order valence-corrected chi connectivity index (χ2v) is 6.91. The first kappa shape index (κ1) is 17.3. The molecule has 1 aromatic rings. The number of hydrogen-bond donors (Lipinski definition) is 2. The van der Waals surface area contributed by atoms with E-state index in [-0.39, 0.29) is 0 Å². The lowest BCUT2D eigenvalue weighted by atomic mass is 9.99. The predicted octanol–water partition coefficient (Wildman–Crippen LogP) is 2.93. The zero-order valence-electron chi connectivity index (χ0n) is 14.0. The molecule has 22 heavy (non-hydrogen) atoms. The monoisotopic (exact) mass is 322 g/mol. The van der Waals surface area contributed by atoms with E-state index >= 15 is 0 Å². The number of piperidine rings is 1. The van der Waals surface area contributed by atoms with E-state index in [9.17, 15) is 0 Å². The van der Waals surface area contributed by atoms with Gasteiger partial charge in [-0.3, -0.25) is 0 Å². The van der Waals surface area contributed by atoms with E-state index in [4.69, 9.17) is 0 Å². The summed E-state index contributed by atoms with van der Waals surface area (Å²) in [6.45, 7) is 10.9. The van der Waals surface area contributed by atoms with Gasteiger partial charge in [0.1, 0.15) is 0 Å². The summed E-state index contributed by atoms with van der Waals surface area (Å²) in [4.78, 5) is 7.23. The summed E-state index contributed by atoms with van der Waals surface area (Å²) in [5.74, 6) is 1.85. The number of guanidine groups is 1. The molecule has 2 rings (SSSR count). The van der Waals surface area contributed by atoms with E-state index < -0.39 is 0 Å². The summed E-state index contributed by atoms with van der Waals surface area (Å²) in [7, 11) is 0. The zero-order valence-corrected chi connectivity index (χ0v) is 14.8. The molecule has 1 aliphatic heterocycles. The smallest absolute Gasteiger partial charge is 0.191 e. The predicted molar refractivity (Wildman–Crippen MR) is 96.6 cm³/mol. The van der Waals surface area contributed by atoms with Gasteiger partial charge in [-0.15, -0.1) is 0 Å². The second kappa shape index (κ2) is 9.85. The minimum absolute atomic E-state index is 0.753. The molecule has 0 bridgehead atoms. The highest BCUT2D eigenvalue weighted by Gasteiger charge is 2.14. The molecular weight excluding hydrogens is 292 g/mol. The maximum Gasteiger partial charge on any atom is 0.191 e. The Kier molecular flexibility index (Phi) is 7.74. The van der Waals surface area contributed by atoms with Gasteiger partial charge in [0.05, 0.1) is 6.54 Å². The van der Waals surface area contributed by atoms with E-state index in [0.29, 0.717) is 0 Å². The molecule has 0 aromatic carbocycles. The molecule has 0 spiro atoms. The molecule has 0 unspecified atom stereocenters. The van der Waals surface area contributed by atoms with Gasteiger partial charge < -0.3 is 15.5 Å². The summed E-state index contributed by atoms with van der Waals surface area (Å²) < 4.78 is 0. The molecule has 1 aromatic heterocycles. The Balaban J connectivity index is 1.64. The van der Waals surface area contributed by atoms with Crippen LogP contribution < -0.4 is 10.6 Å². The van der Waals surface area contributed by atoms with Crippen LogP contribution in [0.2, 0.25) is 0 Å². The number of likely N-dealkylation sites (tertiary alicyclic amines) is 1. The lowest BCUT2D eigenvalue weighted by Gasteiger charge is -2.30. The summed E-state index contributed by atoms with van der Waals surface area (Å²) >= 11 is 1.73. The van der Waals surface area contributed by atoms with E-state index in [0.717, 1.165) is 31.5 Å². The molecule has 1 aliphatic rings. The molecule has 124 valence electrons. The molecular formula is C17H30N4S. The maximum atomic E-state index is 4.64. The lowest BCUT2D eigenvalue weighted by molar-refractivity contribution is 0.191. The van der Waals surface area contributed by atoms with Crippen molar-refractivity contribution in [1.29, 1.82) is 0 Å². The van der Waals surface area contributed by atoms with Crippen LogP contribution in [-0.4, -0.2) is 43.6 Å². The molecule has 5 heteroatoms. The van der Waals surface area contributed by atoms with Crippen molar-refractivity contribution in [3.05, 3.63) is 22.4 Å². The van der Waals surface area contributed by atoms with Crippen molar-refractivity contribution < 1.29 is 0 Å². The largest absolute Gasteiger partial charge is 0.357 e. The van der Waals surface area contributed by atoms with Gasteiger partial charge in [0, 0.05) is 13.1 Å². The third-order valence-corrected chi connectivity index (χ3v) is 4.90. The minimum Gasteiger partial charge on any atom is -0.357 e. The Bertz CT molecular complexity index is 422. The first-order valence-electron chi connectivity index (χ1n) is 8.53. The number of rotatable bonds is 7. The number of hydrogen-bond acceptors (Lipinski definition) is 3. The molecule has 2 heterocycles. The Labute approximate surface area is 139 Å². The summed E-state index contributed by atoms with van der Waals surface area (Å²) in [5.41, 5.74) is 1.28. The maximum absolute atomic E-state index is 4.64. The average molecular weight is 323 g/mol. The number of nitrogens with one attached hydrogen (secondary N) is 2. The Morgan fingerprint density at radius 1 is 1.36 bits per heavy atom. The second-order valence-electron chi connectivity index (χ2n) is 6.13. The standard InChI is InChI=1S/C17H30N4S/c1-3-18-17(20-13-16-7-12-22-14-16)19-8-4-9-21-10-5-15(2)6-11-21/h7,12,14-15H,3-6,8-11,13H2,1-2H3,(H2,18,19,20). The fourth-order valence-electron chi connectivity index (χ4n) is 2.69. The fourth-order valence-corrected chi connectivity index (χ4v) is 3.35. The Morgan fingerprint density at radius 3 is 2.86 bits per heavy atom. The third kappa shape index (κ3) is 6.36. The molecule has 0 atom stereocenters. The molecule has 2 N–H and O–H groups in total. The fraction of sp³-hybridized carbons (Fsp3) is 0.706. The van der Waals surface area contributed by atoms with Crippen LogP contribution in [0.15, 0.2) is 21.8 Å². The highest BCUT2D eigenvalue weighted by molar-refractivity contribution is 7.07. The first-order valence-corrected chi connectivity index (χ1v) is 9.48. The Hall–Kier alpha value is -1.07. The van der Waals surface area contributed by atoms with Crippen molar-refractivity contribution >= 4 is 17.3 Å². The highest BCUT2D eigenvalue weighted by Crippen LogP contribution is 2.15. The van der Waals surface area contributed by atoms with Gasteiger partial charge in [-0.05, 0) is 74.1 Å². The van der Waals surface area contributed by atoms with Crippen LogP contribution in [0.4, 0.5) is 0 Å². The van der Waals surface area contributed by atoms with Crippen LogP contribution in [0, 0.1) is 5.92 Å². The Morgan fingerprint density at radius 2 is 2.18 bits per heavy atom. The third-order valence-electron chi connectivity index (χ3n) is 4.16. The number of thiophene rings is 1. The van der Waals surface area contributed by atoms with Crippen molar-refractivity contribution in [1.82, 2.24) is 15.5 Å². The van der Waals surface area contributed by atoms with Crippen molar-refractivity contribution in [2.75, 3.05) is 32.7 Å². The van der Waals surface area contributed by atoms with Gasteiger partial charge in [-0.25, -0.2) is 4.99 Å². The van der Waals surface area contributed by atoms with Crippen LogP contribution in [-0.2, 0) is 6.54 Å². The quantitative estimate of drug-likeness (QED) is 0.461. The van der Waals surface area contributed by atoms with Gasteiger partial charge in [-0.2, -0.15) is 11.3 Å². The SMILES string of the molecule is CCNC(=NCc1ccsc1)NCCCN1CCC(C)CC1. The molecule has 1 saturated heterocycles. The van der Waals surface area contributed by atoms with Gasteiger partial charge in [0.25, 0.3) is 0 Å². The van der Waals surface area contributed by atoms with Gasteiger partial charge in [0.2, 0.25) is 0 Å².